The Kier molecular flexibility index (Phi) is 4.92. The molecule has 0 saturated heterocycles. The maximum Gasteiger partial charge on any atom is 0.138 e. The molecule has 0 aliphatic rings. The van der Waals surface area contributed by atoms with Gasteiger partial charge in [-0.1, -0.05) is 41.4 Å². The fourth-order valence-corrected chi connectivity index (χ4v) is 2.35. The molecule has 1 N–H and O–H groups in total. The van der Waals surface area contributed by atoms with Crippen molar-refractivity contribution in [3.05, 3.63) is 63.1 Å². The lowest BCUT2D eigenvalue weighted by molar-refractivity contribution is 0.199. The fraction of sp³-hybridized carbons (Fsp3) is 0.250. The summed E-state index contributed by atoms with van der Waals surface area (Å²) in [6.07, 6.45) is -0.548. The van der Waals surface area contributed by atoms with Crippen molar-refractivity contribution < 1.29 is 9.84 Å². The van der Waals surface area contributed by atoms with Crippen LogP contribution in [-0.2, 0) is 6.61 Å². The number of rotatable bonds is 4. The topological polar surface area (TPSA) is 29.5 Å². The van der Waals surface area contributed by atoms with E-state index in [1.54, 1.807) is 25.1 Å². The summed E-state index contributed by atoms with van der Waals surface area (Å²) in [5.41, 5.74) is 2.78. The van der Waals surface area contributed by atoms with Crippen molar-refractivity contribution in [3.8, 4) is 5.75 Å². The van der Waals surface area contributed by atoms with Crippen LogP contribution >= 0.6 is 23.2 Å². The molecule has 0 aromatic heterocycles. The molecule has 0 amide bonds. The summed E-state index contributed by atoms with van der Waals surface area (Å²) in [4.78, 5) is 0. The number of aliphatic hydroxyl groups excluding tert-OH is 1. The Morgan fingerprint density at radius 3 is 2.45 bits per heavy atom. The van der Waals surface area contributed by atoms with Gasteiger partial charge in [-0.25, -0.2) is 0 Å². The summed E-state index contributed by atoms with van der Waals surface area (Å²) >= 11 is 12.3. The quantitative estimate of drug-likeness (QED) is 0.867. The molecular formula is C16H16Cl2O2. The van der Waals surface area contributed by atoms with Crippen LogP contribution in [0.1, 0.15) is 29.7 Å². The number of ether oxygens (including phenoxy) is 1. The van der Waals surface area contributed by atoms with E-state index in [9.17, 15) is 5.11 Å². The zero-order valence-corrected chi connectivity index (χ0v) is 12.9. The minimum atomic E-state index is -0.548. The van der Waals surface area contributed by atoms with E-state index < -0.39 is 6.10 Å². The molecular weight excluding hydrogens is 295 g/mol. The van der Waals surface area contributed by atoms with Crippen LogP contribution in [0.2, 0.25) is 10.0 Å². The molecule has 2 rings (SSSR count). The third kappa shape index (κ3) is 3.66. The highest BCUT2D eigenvalue weighted by molar-refractivity contribution is 6.32. The minimum Gasteiger partial charge on any atom is -0.487 e. The molecule has 0 fully saturated rings. The highest BCUT2D eigenvalue weighted by Gasteiger charge is 2.08. The normalized spacial score (nSPS) is 12.2. The molecule has 0 spiro atoms. The van der Waals surface area contributed by atoms with Gasteiger partial charge >= 0.3 is 0 Å². The summed E-state index contributed by atoms with van der Waals surface area (Å²) < 4.78 is 5.68. The van der Waals surface area contributed by atoms with Crippen LogP contribution in [0, 0.1) is 6.92 Å². The summed E-state index contributed by atoms with van der Waals surface area (Å²) in [6.45, 7) is 4.04. The molecule has 0 saturated carbocycles. The maximum absolute atomic E-state index is 9.49. The highest BCUT2D eigenvalue weighted by Crippen LogP contribution is 2.29. The van der Waals surface area contributed by atoms with E-state index in [1.165, 1.54) is 0 Å². The van der Waals surface area contributed by atoms with E-state index in [0.29, 0.717) is 22.4 Å². The second kappa shape index (κ2) is 6.49. The van der Waals surface area contributed by atoms with Crippen molar-refractivity contribution >= 4 is 23.2 Å². The van der Waals surface area contributed by atoms with Gasteiger partial charge in [-0.05, 0) is 43.2 Å². The van der Waals surface area contributed by atoms with Crippen molar-refractivity contribution in [2.75, 3.05) is 0 Å². The maximum atomic E-state index is 9.49. The van der Waals surface area contributed by atoms with Crippen LogP contribution < -0.4 is 4.74 Å². The van der Waals surface area contributed by atoms with E-state index in [2.05, 4.69) is 0 Å². The van der Waals surface area contributed by atoms with E-state index in [1.807, 2.05) is 25.1 Å². The van der Waals surface area contributed by atoms with Crippen molar-refractivity contribution in [1.29, 1.82) is 0 Å². The van der Waals surface area contributed by atoms with Gasteiger partial charge in [0, 0.05) is 10.6 Å². The van der Waals surface area contributed by atoms with E-state index in [0.717, 1.165) is 16.7 Å². The van der Waals surface area contributed by atoms with Crippen LogP contribution in [0.15, 0.2) is 36.4 Å². The predicted octanol–water partition coefficient (Wildman–Crippen LogP) is 4.93. The van der Waals surface area contributed by atoms with Gasteiger partial charge in [-0.2, -0.15) is 0 Å². The Balaban J connectivity index is 2.11. The van der Waals surface area contributed by atoms with Gasteiger partial charge < -0.3 is 9.84 Å². The van der Waals surface area contributed by atoms with Gasteiger partial charge in [-0.3, -0.25) is 0 Å². The van der Waals surface area contributed by atoms with Crippen molar-refractivity contribution in [3.63, 3.8) is 0 Å². The lowest BCUT2D eigenvalue weighted by Gasteiger charge is -2.12. The summed E-state index contributed by atoms with van der Waals surface area (Å²) in [7, 11) is 0. The second-order valence-electron chi connectivity index (χ2n) is 4.75. The van der Waals surface area contributed by atoms with Crippen LogP contribution in [0.4, 0.5) is 0 Å². The number of aliphatic hydroxyl groups is 1. The average molecular weight is 311 g/mol. The average Bonchev–Trinajstić information content (AvgIpc) is 2.38. The molecule has 1 atom stereocenters. The third-order valence-electron chi connectivity index (χ3n) is 3.03. The first-order chi connectivity index (χ1) is 9.47. The largest absolute Gasteiger partial charge is 0.487 e. The molecule has 4 heteroatoms. The van der Waals surface area contributed by atoms with Gasteiger partial charge in [0.05, 0.1) is 11.1 Å². The first-order valence-electron chi connectivity index (χ1n) is 6.32. The Labute approximate surface area is 128 Å². The number of hydrogen-bond acceptors (Lipinski definition) is 2. The Morgan fingerprint density at radius 2 is 1.85 bits per heavy atom. The second-order valence-corrected chi connectivity index (χ2v) is 5.56. The monoisotopic (exact) mass is 310 g/mol. The highest BCUT2D eigenvalue weighted by atomic mass is 35.5. The van der Waals surface area contributed by atoms with Gasteiger partial charge in [-0.15, -0.1) is 0 Å². The van der Waals surface area contributed by atoms with Crippen LogP contribution in [0.3, 0.4) is 0 Å². The molecule has 0 bridgehead atoms. The van der Waals surface area contributed by atoms with E-state index in [-0.39, 0.29) is 0 Å². The predicted molar refractivity (Wildman–Crippen MR) is 82.6 cm³/mol. The molecule has 106 valence electrons. The SMILES string of the molecule is Cc1ccc(COc2ccc([C@H](C)O)cc2Cl)c(Cl)c1. The number of hydrogen-bond donors (Lipinski definition) is 1. The molecule has 0 radical (unpaired) electrons. The molecule has 2 aromatic rings. The smallest absolute Gasteiger partial charge is 0.138 e. The summed E-state index contributed by atoms with van der Waals surface area (Å²) in [6, 6.07) is 11.1. The van der Waals surface area contributed by atoms with Crippen LogP contribution in [0.25, 0.3) is 0 Å². The fourth-order valence-electron chi connectivity index (χ4n) is 1.82. The van der Waals surface area contributed by atoms with E-state index in [4.69, 9.17) is 27.9 Å². The lowest BCUT2D eigenvalue weighted by atomic mass is 10.1. The minimum absolute atomic E-state index is 0.354. The van der Waals surface area contributed by atoms with E-state index >= 15 is 0 Å². The summed E-state index contributed by atoms with van der Waals surface area (Å²) in [5.74, 6) is 0.577. The molecule has 0 aliphatic carbocycles. The summed E-state index contributed by atoms with van der Waals surface area (Å²) in [5, 5.41) is 10.7. The van der Waals surface area contributed by atoms with Crippen molar-refractivity contribution in [1.82, 2.24) is 0 Å². The molecule has 2 aromatic carbocycles. The number of benzene rings is 2. The Bertz CT molecular complexity index is 609. The van der Waals surface area contributed by atoms with Crippen molar-refractivity contribution in [2.45, 2.75) is 26.6 Å². The standard InChI is InChI=1S/C16H16Cl2O2/c1-10-3-4-13(14(17)7-10)9-20-16-6-5-12(11(2)19)8-15(16)18/h3-8,11,19H,9H2,1-2H3/t11-/m0/s1. The number of aryl methyl sites for hydroxylation is 1. The molecule has 0 unspecified atom stereocenters. The molecule has 0 heterocycles. The van der Waals surface area contributed by atoms with Gasteiger partial charge in [0.15, 0.2) is 0 Å². The van der Waals surface area contributed by atoms with Gasteiger partial charge in [0.1, 0.15) is 12.4 Å². The van der Waals surface area contributed by atoms with Gasteiger partial charge in [0.2, 0.25) is 0 Å². The Hall–Kier alpha value is -1.22. The first-order valence-corrected chi connectivity index (χ1v) is 7.08. The first kappa shape index (κ1) is 15.2. The molecule has 0 aliphatic heterocycles. The zero-order chi connectivity index (χ0) is 14.7. The third-order valence-corrected chi connectivity index (χ3v) is 3.68. The van der Waals surface area contributed by atoms with Gasteiger partial charge in [0.25, 0.3) is 0 Å². The molecule has 20 heavy (non-hydrogen) atoms. The Morgan fingerprint density at radius 1 is 1.10 bits per heavy atom. The number of halogens is 2. The molecule has 2 nitrogen and oxygen atoms in total. The van der Waals surface area contributed by atoms with Crippen LogP contribution in [-0.4, -0.2) is 5.11 Å². The van der Waals surface area contributed by atoms with Crippen LogP contribution in [0.5, 0.6) is 5.75 Å². The van der Waals surface area contributed by atoms with Crippen molar-refractivity contribution in [2.24, 2.45) is 0 Å². The lowest BCUT2D eigenvalue weighted by Crippen LogP contribution is -1.98. The zero-order valence-electron chi connectivity index (χ0n) is 11.4.